The summed E-state index contributed by atoms with van der Waals surface area (Å²) in [6, 6.07) is 10.1. The van der Waals surface area contributed by atoms with Gasteiger partial charge in [0.25, 0.3) is 0 Å². The minimum absolute atomic E-state index is 0.0282. The number of esters is 1. The highest BCUT2D eigenvalue weighted by Gasteiger charge is 2.37. The number of likely N-dealkylation sites (tertiary alicyclic amines) is 1. The SMILES string of the molecule is CCOC(=O)CCN1CC(c2ccccc2)C(C)C1=O. The molecule has 1 fully saturated rings. The predicted molar refractivity (Wildman–Crippen MR) is 76.2 cm³/mol. The third-order valence-corrected chi connectivity index (χ3v) is 3.84. The summed E-state index contributed by atoms with van der Waals surface area (Å²) in [5.74, 6) is 0.0738. The molecule has 0 radical (unpaired) electrons. The molecular formula is C16H21NO3. The summed E-state index contributed by atoms with van der Waals surface area (Å²) < 4.78 is 4.90. The van der Waals surface area contributed by atoms with Gasteiger partial charge in [0.05, 0.1) is 13.0 Å². The smallest absolute Gasteiger partial charge is 0.307 e. The molecule has 20 heavy (non-hydrogen) atoms. The molecule has 108 valence electrons. The fraction of sp³-hybridized carbons (Fsp3) is 0.500. The number of ether oxygens (including phenoxy) is 1. The van der Waals surface area contributed by atoms with Crippen LogP contribution in [0.5, 0.6) is 0 Å². The van der Waals surface area contributed by atoms with E-state index in [1.165, 1.54) is 5.56 Å². The van der Waals surface area contributed by atoms with Gasteiger partial charge in [-0.25, -0.2) is 0 Å². The molecule has 1 aliphatic rings. The van der Waals surface area contributed by atoms with Crippen LogP contribution >= 0.6 is 0 Å². The Balaban J connectivity index is 1.97. The summed E-state index contributed by atoms with van der Waals surface area (Å²) in [7, 11) is 0. The molecule has 1 heterocycles. The maximum absolute atomic E-state index is 12.2. The summed E-state index contributed by atoms with van der Waals surface area (Å²) in [6.45, 7) is 5.27. The Kier molecular flexibility index (Phi) is 4.77. The van der Waals surface area contributed by atoms with E-state index in [2.05, 4.69) is 12.1 Å². The zero-order valence-corrected chi connectivity index (χ0v) is 12.0. The Labute approximate surface area is 119 Å². The van der Waals surface area contributed by atoms with Crippen molar-refractivity contribution in [2.45, 2.75) is 26.2 Å². The molecule has 4 nitrogen and oxygen atoms in total. The van der Waals surface area contributed by atoms with Crippen molar-refractivity contribution in [2.24, 2.45) is 5.92 Å². The number of hydrogen-bond donors (Lipinski definition) is 0. The summed E-state index contributed by atoms with van der Waals surface area (Å²) in [6.07, 6.45) is 0.272. The van der Waals surface area contributed by atoms with Gasteiger partial charge in [0, 0.05) is 24.9 Å². The second kappa shape index (κ2) is 6.55. The normalized spacial score (nSPS) is 22.1. The lowest BCUT2D eigenvalue weighted by atomic mass is 9.90. The average Bonchev–Trinajstić information content (AvgIpc) is 2.74. The Morgan fingerprint density at radius 2 is 2.05 bits per heavy atom. The molecule has 0 bridgehead atoms. The minimum Gasteiger partial charge on any atom is -0.466 e. The van der Waals surface area contributed by atoms with Crippen molar-refractivity contribution in [3.05, 3.63) is 35.9 Å². The summed E-state index contributed by atoms with van der Waals surface area (Å²) in [4.78, 5) is 25.4. The standard InChI is InChI=1S/C16H21NO3/c1-3-20-15(18)9-10-17-11-14(12(2)16(17)19)13-7-5-4-6-8-13/h4-8,12,14H,3,9-11H2,1-2H3. The van der Waals surface area contributed by atoms with Crippen molar-refractivity contribution in [1.29, 1.82) is 0 Å². The van der Waals surface area contributed by atoms with Gasteiger partial charge in [-0.05, 0) is 12.5 Å². The Morgan fingerprint density at radius 3 is 2.70 bits per heavy atom. The summed E-state index contributed by atoms with van der Waals surface area (Å²) in [5.41, 5.74) is 1.19. The van der Waals surface area contributed by atoms with E-state index < -0.39 is 0 Å². The lowest BCUT2D eigenvalue weighted by Crippen LogP contribution is -2.29. The number of rotatable bonds is 5. The van der Waals surface area contributed by atoms with Crippen LogP contribution in [0, 0.1) is 5.92 Å². The van der Waals surface area contributed by atoms with E-state index in [4.69, 9.17) is 4.74 Å². The van der Waals surface area contributed by atoms with Gasteiger partial charge in [-0.3, -0.25) is 9.59 Å². The molecule has 2 atom stereocenters. The number of benzene rings is 1. The molecule has 1 amide bonds. The molecule has 1 aliphatic heterocycles. The lowest BCUT2D eigenvalue weighted by Gasteiger charge is -2.16. The van der Waals surface area contributed by atoms with E-state index >= 15 is 0 Å². The van der Waals surface area contributed by atoms with E-state index in [1.54, 1.807) is 11.8 Å². The fourth-order valence-corrected chi connectivity index (χ4v) is 2.70. The molecule has 0 saturated carbocycles. The van der Waals surface area contributed by atoms with Crippen molar-refractivity contribution < 1.29 is 14.3 Å². The monoisotopic (exact) mass is 275 g/mol. The average molecular weight is 275 g/mol. The number of hydrogen-bond acceptors (Lipinski definition) is 3. The lowest BCUT2D eigenvalue weighted by molar-refractivity contribution is -0.143. The van der Waals surface area contributed by atoms with Gasteiger partial charge in [0.2, 0.25) is 5.91 Å². The van der Waals surface area contributed by atoms with Crippen LogP contribution in [-0.2, 0) is 14.3 Å². The second-order valence-electron chi connectivity index (χ2n) is 5.15. The summed E-state index contributed by atoms with van der Waals surface area (Å²) >= 11 is 0. The van der Waals surface area contributed by atoms with Crippen molar-refractivity contribution in [1.82, 2.24) is 4.90 Å². The molecule has 0 N–H and O–H groups in total. The zero-order chi connectivity index (χ0) is 14.5. The molecular weight excluding hydrogens is 254 g/mol. The maximum atomic E-state index is 12.2. The summed E-state index contributed by atoms with van der Waals surface area (Å²) in [5, 5.41) is 0. The maximum Gasteiger partial charge on any atom is 0.307 e. The third-order valence-electron chi connectivity index (χ3n) is 3.84. The highest BCUT2D eigenvalue weighted by Crippen LogP contribution is 2.33. The van der Waals surface area contributed by atoms with Crippen molar-refractivity contribution in [3.8, 4) is 0 Å². The number of carbonyl (C=O) groups excluding carboxylic acids is 2. The molecule has 0 aromatic heterocycles. The van der Waals surface area contributed by atoms with E-state index in [0.717, 1.165) is 0 Å². The van der Waals surface area contributed by atoms with Gasteiger partial charge >= 0.3 is 5.97 Å². The number of nitrogens with zero attached hydrogens (tertiary/aromatic N) is 1. The quantitative estimate of drug-likeness (QED) is 0.774. The Morgan fingerprint density at radius 1 is 1.35 bits per heavy atom. The van der Waals surface area contributed by atoms with Crippen LogP contribution in [0.25, 0.3) is 0 Å². The molecule has 1 saturated heterocycles. The third kappa shape index (κ3) is 3.18. The van der Waals surface area contributed by atoms with Crippen LogP contribution in [0.2, 0.25) is 0 Å². The van der Waals surface area contributed by atoms with E-state index in [0.29, 0.717) is 19.7 Å². The first-order chi connectivity index (χ1) is 9.63. The van der Waals surface area contributed by atoms with Gasteiger partial charge in [-0.1, -0.05) is 37.3 Å². The van der Waals surface area contributed by atoms with Gasteiger partial charge in [0.1, 0.15) is 0 Å². The minimum atomic E-state index is -0.240. The van der Waals surface area contributed by atoms with E-state index in [9.17, 15) is 9.59 Å². The van der Waals surface area contributed by atoms with Crippen LogP contribution in [0.3, 0.4) is 0 Å². The van der Waals surface area contributed by atoms with Crippen molar-refractivity contribution in [3.63, 3.8) is 0 Å². The first-order valence-corrected chi connectivity index (χ1v) is 7.12. The largest absolute Gasteiger partial charge is 0.466 e. The van der Waals surface area contributed by atoms with E-state index in [1.807, 2.05) is 25.1 Å². The fourth-order valence-electron chi connectivity index (χ4n) is 2.70. The number of carbonyl (C=O) groups is 2. The van der Waals surface area contributed by atoms with Crippen LogP contribution in [0.15, 0.2) is 30.3 Å². The molecule has 1 aromatic rings. The van der Waals surface area contributed by atoms with Crippen LogP contribution in [0.4, 0.5) is 0 Å². The Hall–Kier alpha value is -1.84. The highest BCUT2D eigenvalue weighted by atomic mass is 16.5. The van der Waals surface area contributed by atoms with Gasteiger partial charge in [-0.2, -0.15) is 0 Å². The molecule has 2 rings (SSSR count). The number of amides is 1. The molecule has 0 spiro atoms. The first kappa shape index (κ1) is 14.6. The van der Waals surface area contributed by atoms with Gasteiger partial charge in [-0.15, -0.1) is 0 Å². The van der Waals surface area contributed by atoms with Crippen molar-refractivity contribution in [2.75, 3.05) is 19.7 Å². The molecule has 0 aliphatic carbocycles. The van der Waals surface area contributed by atoms with E-state index in [-0.39, 0.29) is 30.1 Å². The van der Waals surface area contributed by atoms with Gasteiger partial charge in [0.15, 0.2) is 0 Å². The predicted octanol–water partition coefficient (Wildman–Crippen LogP) is 2.20. The molecule has 4 heteroatoms. The zero-order valence-electron chi connectivity index (χ0n) is 12.0. The van der Waals surface area contributed by atoms with Crippen LogP contribution < -0.4 is 0 Å². The first-order valence-electron chi connectivity index (χ1n) is 7.12. The topological polar surface area (TPSA) is 46.6 Å². The van der Waals surface area contributed by atoms with Crippen LogP contribution in [0.1, 0.15) is 31.7 Å². The van der Waals surface area contributed by atoms with Crippen LogP contribution in [-0.4, -0.2) is 36.5 Å². The van der Waals surface area contributed by atoms with Gasteiger partial charge < -0.3 is 9.64 Å². The molecule has 2 unspecified atom stereocenters. The van der Waals surface area contributed by atoms with Crippen molar-refractivity contribution >= 4 is 11.9 Å². The Bertz CT molecular complexity index is 472. The molecule has 1 aromatic carbocycles. The second-order valence-corrected chi connectivity index (χ2v) is 5.15. The highest BCUT2D eigenvalue weighted by molar-refractivity contribution is 5.82.